The first-order valence-corrected chi connectivity index (χ1v) is 6.40. The van der Waals surface area contributed by atoms with Gasteiger partial charge in [-0.25, -0.2) is 9.78 Å². The SMILES string of the molecule is Cc1sc(N2CC(C)OC(C)C2)nc1C(=O)O. The molecule has 0 amide bonds. The van der Waals surface area contributed by atoms with Crippen molar-refractivity contribution in [2.45, 2.75) is 33.0 Å². The van der Waals surface area contributed by atoms with Gasteiger partial charge in [-0.15, -0.1) is 11.3 Å². The fraction of sp³-hybridized carbons (Fsp3) is 0.636. The number of thiazole rings is 1. The van der Waals surface area contributed by atoms with Crippen LogP contribution in [0, 0.1) is 6.92 Å². The minimum absolute atomic E-state index is 0.149. The Morgan fingerprint density at radius 2 is 2.06 bits per heavy atom. The molecule has 1 aliphatic heterocycles. The Hall–Kier alpha value is -1.14. The second-order valence-corrected chi connectivity index (χ2v) is 5.55. The van der Waals surface area contributed by atoms with Crippen LogP contribution in [0.1, 0.15) is 29.2 Å². The molecule has 0 aromatic carbocycles. The molecule has 1 aliphatic rings. The van der Waals surface area contributed by atoms with Gasteiger partial charge in [0.2, 0.25) is 0 Å². The van der Waals surface area contributed by atoms with Gasteiger partial charge >= 0.3 is 5.97 Å². The number of aromatic carboxylic acids is 1. The summed E-state index contributed by atoms with van der Waals surface area (Å²) < 4.78 is 5.64. The van der Waals surface area contributed by atoms with E-state index in [0.717, 1.165) is 23.1 Å². The Balaban J connectivity index is 2.22. The highest BCUT2D eigenvalue weighted by Gasteiger charge is 2.26. The molecule has 0 saturated carbocycles. The quantitative estimate of drug-likeness (QED) is 0.873. The predicted octanol–water partition coefficient (Wildman–Crippen LogP) is 1.76. The number of anilines is 1. The van der Waals surface area contributed by atoms with Gasteiger partial charge in [0, 0.05) is 18.0 Å². The highest BCUT2D eigenvalue weighted by Crippen LogP contribution is 2.28. The Morgan fingerprint density at radius 1 is 1.47 bits per heavy atom. The lowest BCUT2D eigenvalue weighted by molar-refractivity contribution is -0.00522. The van der Waals surface area contributed by atoms with Crippen LogP contribution in [0.5, 0.6) is 0 Å². The zero-order valence-electron chi connectivity index (χ0n) is 10.1. The molecular formula is C11H16N2O3S. The van der Waals surface area contributed by atoms with Gasteiger partial charge in [0.15, 0.2) is 10.8 Å². The van der Waals surface area contributed by atoms with Crippen molar-refractivity contribution in [3.05, 3.63) is 10.6 Å². The maximum absolute atomic E-state index is 10.9. The topological polar surface area (TPSA) is 62.7 Å². The molecule has 17 heavy (non-hydrogen) atoms. The van der Waals surface area contributed by atoms with Crippen LogP contribution in [-0.4, -0.2) is 41.4 Å². The smallest absolute Gasteiger partial charge is 0.355 e. The van der Waals surface area contributed by atoms with E-state index in [1.54, 1.807) is 6.92 Å². The first-order chi connectivity index (χ1) is 7.97. The van der Waals surface area contributed by atoms with Gasteiger partial charge in [-0.1, -0.05) is 0 Å². The van der Waals surface area contributed by atoms with Crippen molar-refractivity contribution in [2.75, 3.05) is 18.0 Å². The van der Waals surface area contributed by atoms with Crippen LogP contribution >= 0.6 is 11.3 Å². The summed E-state index contributed by atoms with van der Waals surface area (Å²) in [4.78, 5) is 18.0. The lowest BCUT2D eigenvalue weighted by atomic mass is 10.2. The van der Waals surface area contributed by atoms with Gasteiger partial charge in [0.1, 0.15) is 0 Å². The molecule has 1 N–H and O–H groups in total. The van der Waals surface area contributed by atoms with E-state index in [0.29, 0.717) is 0 Å². The van der Waals surface area contributed by atoms with Crippen LogP contribution in [0.15, 0.2) is 0 Å². The third kappa shape index (κ3) is 2.58. The second kappa shape index (κ2) is 4.62. The van der Waals surface area contributed by atoms with Crippen molar-refractivity contribution in [3.8, 4) is 0 Å². The number of carbonyl (C=O) groups is 1. The number of aromatic nitrogens is 1. The van der Waals surface area contributed by atoms with Crippen LogP contribution in [0.4, 0.5) is 5.13 Å². The zero-order chi connectivity index (χ0) is 12.6. The predicted molar refractivity (Wildman–Crippen MR) is 66.0 cm³/mol. The van der Waals surface area contributed by atoms with Crippen molar-refractivity contribution in [3.63, 3.8) is 0 Å². The number of nitrogens with zero attached hydrogens (tertiary/aromatic N) is 2. The maximum atomic E-state index is 10.9. The fourth-order valence-corrected chi connectivity index (χ4v) is 2.97. The first kappa shape index (κ1) is 12.3. The van der Waals surface area contributed by atoms with Gasteiger partial charge in [-0.3, -0.25) is 0 Å². The summed E-state index contributed by atoms with van der Waals surface area (Å²) in [5, 5.41) is 9.76. The van der Waals surface area contributed by atoms with Gasteiger partial charge < -0.3 is 14.7 Å². The van der Waals surface area contributed by atoms with Crippen LogP contribution in [0.25, 0.3) is 0 Å². The van der Waals surface area contributed by atoms with Gasteiger partial charge in [0.25, 0.3) is 0 Å². The summed E-state index contributed by atoms with van der Waals surface area (Å²) in [7, 11) is 0. The fourth-order valence-electron chi connectivity index (χ4n) is 2.05. The van der Waals surface area contributed by atoms with E-state index in [2.05, 4.69) is 9.88 Å². The summed E-state index contributed by atoms with van der Waals surface area (Å²) in [5.74, 6) is -0.959. The van der Waals surface area contributed by atoms with E-state index in [1.165, 1.54) is 11.3 Å². The molecule has 2 unspecified atom stereocenters. The number of morpholine rings is 1. The number of carboxylic acid groups (broad SMARTS) is 1. The van der Waals surface area contributed by atoms with Crippen molar-refractivity contribution in [1.29, 1.82) is 0 Å². The van der Waals surface area contributed by atoms with Crippen molar-refractivity contribution < 1.29 is 14.6 Å². The average molecular weight is 256 g/mol. The Bertz CT molecular complexity index is 422. The molecule has 5 nitrogen and oxygen atoms in total. The summed E-state index contributed by atoms with van der Waals surface area (Å²) in [6.07, 6.45) is 0.299. The van der Waals surface area contributed by atoms with Crippen molar-refractivity contribution in [1.82, 2.24) is 4.98 Å². The molecule has 6 heteroatoms. The molecule has 2 atom stereocenters. The van der Waals surface area contributed by atoms with Crippen molar-refractivity contribution in [2.24, 2.45) is 0 Å². The van der Waals surface area contributed by atoms with E-state index in [-0.39, 0.29) is 17.9 Å². The standard InChI is InChI=1S/C11H16N2O3S/c1-6-4-13(5-7(2)16-6)11-12-9(10(14)15)8(3)17-11/h6-7H,4-5H2,1-3H3,(H,14,15). The van der Waals surface area contributed by atoms with E-state index < -0.39 is 5.97 Å². The molecule has 0 aliphatic carbocycles. The number of hydrogen-bond acceptors (Lipinski definition) is 5. The average Bonchev–Trinajstić information content (AvgIpc) is 2.59. The molecule has 1 aromatic rings. The molecule has 1 aromatic heterocycles. The summed E-state index contributed by atoms with van der Waals surface area (Å²) in [6, 6.07) is 0. The minimum atomic E-state index is -0.959. The summed E-state index contributed by atoms with van der Waals surface area (Å²) >= 11 is 1.43. The maximum Gasteiger partial charge on any atom is 0.355 e. The van der Waals surface area contributed by atoms with Crippen LogP contribution in [0.3, 0.4) is 0 Å². The minimum Gasteiger partial charge on any atom is -0.476 e. The lowest BCUT2D eigenvalue weighted by Gasteiger charge is -2.35. The van der Waals surface area contributed by atoms with Gasteiger partial charge in [0.05, 0.1) is 12.2 Å². The zero-order valence-corrected chi connectivity index (χ0v) is 11.0. The molecule has 1 saturated heterocycles. The Morgan fingerprint density at radius 3 is 2.53 bits per heavy atom. The Kier molecular flexibility index (Phi) is 3.35. The van der Waals surface area contributed by atoms with E-state index >= 15 is 0 Å². The van der Waals surface area contributed by atoms with Gasteiger partial charge in [-0.2, -0.15) is 0 Å². The highest BCUT2D eigenvalue weighted by atomic mass is 32.1. The number of carboxylic acids is 1. The largest absolute Gasteiger partial charge is 0.476 e. The second-order valence-electron chi connectivity index (χ2n) is 4.37. The lowest BCUT2D eigenvalue weighted by Crippen LogP contribution is -2.45. The number of rotatable bonds is 2. The number of hydrogen-bond donors (Lipinski definition) is 1. The third-order valence-electron chi connectivity index (χ3n) is 2.68. The molecule has 1 fully saturated rings. The van der Waals surface area contributed by atoms with Crippen LogP contribution in [0.2, 0.25) is 0 Å². The normalized spacial score (nSPS) is 25.0. The van der Waals surface area contributed by atoms with Crippen LogP contribution < -0.4 is 4.90 Å². The van der Waals surface area contributed by atoms with E-state index in [1.807, 2.05) is 13.8 Å². The van der Waals surface area contributed by atoms with Crippen LogP contribution in [-0.2, 0) is 4.74 Å². The van der Waals surface area contributed by atoms with E-state index in [4.69, 9.17) is 9.84 Å². The molecule has 2 rings (SSSR count). The highest BCUT2D eigenvalue weighted by molar-refractivity contribution is 7.15. The van der Waals surface area contributed by atoms with Gasteiger partial charge in [-0.05, 0) is 20.8 Å². The molecule has 2 heterocycles. The molecular weight excluding hydrogens is 240 g/mol. The number of aryl methyl sites for hydroxylation is 1. The molecule has 0 radical (unpaired) electrons. The summed E-state index contributed by atoms with van der Waals surface area (Å²) in [6.45, 7) is 7.34. The number of ether oxygens (including phenoxy) is 1. The monoisotopic (exact) mass is 256 g/mol. The van der Waals surface area contributed by atoms with E-state index in [9.17, 15) is 4.79 Å². The third-order valence-corrected chi connectivity index (χ3v) is 3.71. The van der Waals surface area contributed by atoms with Crippen molar-refractivity contribution >= 4 is 22.4 Å². The molecule has 94 valence electrons. The first-order valence-electron chi connectivity index (χ1n) is 5.58. The molecule has 0 spiro atoms. The Labute approximate surface area is 104 Å². The summed E-state index contributed by atoms with van der Waals surface area (Å²) in [5.41, 5.74) is 0.164. The molecule has 0 bridgehead atoms.